The number of benzene rings is 1. The van der Waals surface area contributed by atoms with Crippen LogP contribution in [0.1, 0.15) is 24.1 Å². The summed E-state index contributed by atoms with van der Waals surface area (Å²) in [5.41, 5.74) is 6.09. The Hall–Kier alpha value is -1.11. The molecule has 0 amide bonds. The van der Waals surface area contributed by atoms with Crippen LogP contribution in [-0.2, 0) is 6.18 Å². The average molecular weight is 301 g/mol. The first-order chi connectivity index (χ1) is 9.95. The topological polar surface area (TPSA) is 32.5 Å². The summed E-state index contributed by atoms with van der Waals surface area (Å²) in [5.74, 6) is 0. The van der Waals surface area contributed by atoms with Gasteiger partial charge in [-0.15, -0.1) is 0 Å². The van der Waals surface area contributed by atoms with Crippen molar-refractivity contribution in [2.75, 3.05) is 39.3 Å². The van der Waals surface area contributed by atoms with E-state index in [1.54, 1.807) is 12.1 Å². The predicted molar refractivity (Wildman–Crippen MR) is 76.9 cm³/mol. The van der Waals surface area contributed by atoms with Crippen molar-refractivity contribution >= 4 is 0 Å². The minimum absolute atomic E-state index is 0.00807. The standard InChI is InChI=1S/C15H22F3N3/c1-2-20-7-9-21(10-8-20)14(11-19)12-3-5-13(6-4-12)15(16,17)18/h3-6,14H,2,7-11,19H2,1H3. The number of rotatable bonds is 4. The normalized spacial score (nSPS) is 19.7. The van der Waals surface area contributed by atoms with Crippen molar-refractivity contribution in [3.05, 3.63) is 35.4 Å². The third-order valence-electron chi connectivity index (χ3n) is 4.14. The van der Waals surface area contributed by atoms with E-state index in [4.69, 9.17) is 5.73 Å². The first kappa shape index (κ1) is 16.3. The molecule has 118 valence electrons. The molecule has 2 rings (SSSR count). The Labute approximate surface area is 123 Å². The number of piperazine rings is 1. The second-order valence-corrected chi connectivity index (χ2v) is 5.34. The van der Waals surface area contributed by atoms with Crippen LogP contribution in [0.5, 0.6) is 0 Å². The first-order valence-corrected chi connectivity index (χ1v) is 7.29. The van der Waals surface area contributed by atoms with E-state index in [-0.39, 0.29) is 6.04 Å². The summed E-state index contributed by atoms with van der Waals surface area (Å²) < 4.78 is 37.8. The molecule has 1 saturated heterocycles. The quantitative estimate of drug-likeness (QED) is 0.926. The predicted octanol–water partition coefficient (Wildman–Crippen LogP) is 2.34. The molecular formula is C15H22F3N3. The lowest BCUT2D eigenvalue weighted by Crippen LogP contribution is -2.48. The SMILES string of the molecule is CCN1CCN(C(CN)c2ccc(C(F)(F)F)cc2)CC1. The van der Waals surface area contributed by atoms with Crippen molar-refractivity contribution in [2.45, 2.75) is 19.1 Å². The van der Waals surface area contributed by atoms with Crippen molar-refractivity contribution in [2.24, 2.45) is 5.73 Å². The molecule has 0 aromatic heterocycles. The fraction of sp³-hybridized carbons (Fsp3) is 0.600. The number of nitrogens with two attached hydrogens (primary N) is 1. The lowest BCUT2D eigenvalue weighted by atomic mass is 10.0. The fourth-order valence-electron chi connectivity index (χ4n) is 2.78. The van der Waals surface area contributed by atoms with Crippen LogP contribution < -0.4 is 5.73 Å². The molecule has 21 heavy (non-hydrogen) atoms. The van der Waals surface area contributed by atoms with Crippen molar-refractivity contribution in [3.8, 4) is 0 Å². The van der Waals surface area contributed by atoms with E-state index in [1.165, 1.54) is 0 Å². The van der Waals surface area contributed by atoms with Gasteiger partial charge in [-0.3, -0.25) is 4.90 Å². The Morgan fingerprint density at radius 1 is 1.10 bits per heavy atom. The van der Waals surface area contributed by atoms with Gasteiger partial charge in [0.2, 0.25) is 0 Å². The van der Waals surface area contributed by atoms with Crippen LogP contribution in [0.2, 0.25) is 0 Å². The Morgan fingerprint density at radius 2 is 1.67 bits per heavy atom. The van der Waals surface area contributed by atoms with Crippen molar-refractivity contribution in [1.29, 1.82) is 0 Å². The molecule has 6 heteroatoms. The molecule has 1 aromatic rings. The minimum Gasteiger partial charge on any atom is -0.329 e. The van der Waals surface area contributed by atoms with Gasteiger partial charge >= 0.3 is 6.18 Å². The molecule has 1 aromatic carbocycles. The molecular weight excluding hydrogens is 279 g/mol. The number of alkyl halides is 3. The Kier molecular flexibility index (Phi) is 5.24. The zero-order chi connectivity index (χ0) is 15.5. The molecule has 0 aliphatic carbocycles. The van der Waals surface area contributed by atoms with Crippen LogP contribution in [-0.4, -0.2) is 49.1 Å². The van der Waals surface area contributed by atoms with Crippen LogP contribution >= 0.6 is 0 Å². The van der Waals surface area contributed by atoms with Crippen LogP contribution in [0.4, 0.5) is 13.2 Å². The highest BCUT2D eigenvalue weighted by atomic mass is 19.4. The van der Waals surface area contributed by atoms with E-state index in [2.05, 4.69) is 16.7 Å². The van der Waals surface area contributed by atoms with Crippen LogP contribution in [0.15, 0.2) is 24.3 Å². The van der Waals surface area contributed by atoms with Crippen molar-refractivity contribution in [3.63, 3.8) is 0 Å². The van der Waals surface area contributed by atoms with Gasteiger partial charge in [0.1, 0.15) is 0 Å². The van der Waals surface area contributed by atoms with Gasteiger partial charge in [-0.05, 0) is 24.2 Å². The number of likely N-dealkylation sites (N-methyl/N-ethyl adjacent to an activating group) is 1. The van der Waals surface area contributed by atoms with E-state index >= 15 is 0 Å². The molecule has 1 aliphatic rings. The molecule has 1 unspecified atom stereocenters. The molecule has 0 bridgehead atoms. The second-order valence-electron chi connectivity index (χ2n) is 5.34. The largest absolute Gasteiger partial charge is 0.416 e. The maximum Gasteiger partial charge on any atom is 0.416 e. The third kappa shape index (κ3) is 3.96. The van der Waals surface area contributed by atoms with Crippen LogP contribution in [0.3, 0.4) is 0 Å². The van der Waals surface area contributed by atoms with Gasteiger partial charge in [-0.1, -0.05) is 19.1 Å². The van der Waals surface area contributed by atoms with E-state index < -0.39 is 11.7 Å². The van der Waals surface area contributed by atoms with Gasteiger partial charge in [-0.25, -0.2) is 0 Å². The molecule has 1 fully saturated rings. The highest BCUT2D eigenvalue weighted by molar-refractivity contribution is 5.27. The van der Waals surface area contributed by atoms with Gasteiger partial charge in [0.15, 0.2) is 0 Å². The number of nitrogens with zero attached hydrogens (tertiary/aromatic N) is 2. The zero-order valence-electron chi connectivity index (χ0n) is 12.2. The Morgan fingerprint density at radius 3 is 2.10 bits per heavy atom. The lowest BCUT2D eigenvalue weighted by Gasteiger charge is -2.38. The van der Waals surface area contributed by atoms with Crippen molar-refractivity contribution < 1.29 is 13.2 Å². The smallest absolute Gasteiger partial charge is 0.329 e. The summed E-state index contributed by atoms with van der Waals surface area (Å²) in [6.45, 7) is 7.33. The van der Waals surface area contributed by atoms with Gasteiger partial charge in [-0.2, -0.15) is 13.2 Å². The van der Waals surface area contributed by atoms with Gasteiger partial charge in [0.05, 0.1) is 5.56 Å². The van der Waals surface area contributed by atoms with E-state index in [1.807, 2.05) is 0 Å². The Balaban J connectivity index is 2.07. The van der Waals surface area contributed by atoms with Crippen LogP contribution in [0, 0.1) is 0 Å². The minimum atomic E-state index is -4.29. The highest BCUT2D eigenvalue weighted by Gasteiger charge is 2.31. The summed E-state index contributed by atoms with van der Waals surface area (Å²) in [5, 5.41) is 0. The third-order valence-corrected chi connectivity index (χ3v) is 4.14. The Bertz CT molecular complexity index is 436. The average Bonchev–Trinajstić information content (AvgIpc) is 2.48. The second kappa shape index (κ2) is 6.77. The highest BCUT2D eigenvalue weighted by Crippen LogP contribution is 2.30. The zero-order valence-corrected chi connectivity index (χ0v) is 12.2. The van der Waals surface area contributed by atoms with Gasteiger partial charge in [0, 0.05) is 38.8 Å². The fourth-order valence-corrected chi connectivity index (χ4v) is 2.78. The summed E-state index contributed by atoms with van der Waals surface area (Å²) in [7, 11) is 0. The summed E-state index contributed by atoms with van der Waals surface area (Å²) in [4.78, 5) is 4.62. The van der Waals surface area contributed by atoms with Gasteiger partial charge in [0.25, 0.3) is 0 Å². The first-order valence-electron chi connectivity index (χ1n) is 7.29. The maximum atomic E-state index is 12.6. The summed E-state index contributed by atoms with van der Waals surface area (Å²) in [6.07, 6.45) is -4.29. The maximum absolute atomic E-state index is 12.6. The molecule has 1 heterocycles. The summed E-state index contributed by atoms with van der Waals surface area (Å²) in [6, 6.07) is 5.37. The lowest BCUT2D eigenvalue weighted by molar-refractivity contribution is -0.137. The summed E-state index contributed by atoms with van der Waals surface area (Å²) >= 11 is 0. The van der Waals surface area contributed by atoms with E-state index in [9.17, 15) is 13.2 Å². The van der Waals surface area contributed by atoms with Crippen LogP contribution in [0.25, 0.3) is 0 Å². The molecule has 0 radical (unpaired) electrons. The molecule has 2 N–H and O–H groups in total. The molecule has 3 nitrogen and oxygen atoms in total. The number of hydrogen-bond acceptors (Lipinski definition) is 3. The number of hydrogen-bond donors (Lipinski definition) is 1. The van der Waals surface area contributed by atoms with Crippen molar-refractivity contribution in [1.82, 2.24) is 9.80 Å². The van der Waals surface area contributed by atoms with Gasteiger partial charge < -0.3 is 10.6 Å². The molecule has 0 saturated carbocycles. The van der Waals surface area contributed by atoms with E-state index in [0.29, 0.717) is 6.54 Å². The number of halogens is 3. The van der Waals surface area contributed by atoms with E-state index in [0.717, 1.165) is 50.4 Å². The molecule has 1 aliphatic heterocycles. The molecule has 1 atom stereocenters. The monoisotopic (exact) mass is 301 g/mol. The molecule has 0 spiro atoms.